The number of nitrogens with zero attached hydrogens (tertiary/aromatic N) is 3. The van der Waals surface area contributed by atoms with E-state index in [2.05, 4.69) is 33.4 Å². The number of rotatable bonds is 3. The van der Waals surface area contributed by atoms with E-state index < -0.39 is 0 Å². The van der Waals surface area contributed by atoms with E-state index in [9.17, 15) is 0 Å². The van der Waals surface area contributed by atoms with Gasteiger partial charge >= 0.3 is 0 Å². The van der Waals surface area contributed by atoms with Crippen molar-refractivity contribution < 1.29 is 0 Å². The predicted octanol–water partition coefficient (Wildman–Crippen LogP) is 1.36. The van der Waals surface area contributed by atoms with Crippen molar-refractivity contribution in [1.29, 1.82) is 0 Å². The van der Waals surface area contributed by atoms with Gasteiger partial charge in [0.25, 0.3) is 0 Å². The van der Waals surface area contributed by atoms with Gasteiger partial charge in [0, 0.05) is 19.1 Å². The van der Waals surface area contributed by atoms with Gasteiger partial charge in [0.05, 0.1) is 5.69 Å². The van der Waals surface area contributed by atoms with Gasteiger partial charge in [-0.05, 0) is 38.4 Å². The number of aromatic nitrogens is 2. The van der Waals surface area contributed by atoms with Gasteiger partial charge in [0.1, 0.15) is 0 Å². The Balaban J connectivity index is 2.01. The van der Waals surface area contributed by atoms with E-state index in [1.165, 1.54) is 12.8 Å². The first kappa shape index (κ1) is 11.3. The van der Waals surface area contributed by atoms with Crippen LogP contribution in [0.1, 0.15) is 25.5 Å². The van der Waals surface area contributed by atoms with Crippen molar-refractivity contribution in [1.82, 2.24) is 15.5 Å². The van der Waals surface area contributed by atoms with Crippen LogP contribution in [0.3, 0.4) is 0 Å². The van der Waals surface area contributed by atoms with Crippen molar-refractivity contribution in [3.63, 3.8) is 0 Å². The maximum Gasteiger partial charge on any atom is 0.151 e. The highest BCUT2D eigenvalue weighted by Gasteiger charge is 2.19. The standard InChI is InChI=1S/C12H20N4/c1-3-13-11-5-4-8-16(9-11)12-7-6-10(2)14-15-12/h6-7,11,13H,3-5,8-9H2,1-2H3. The number of piperidine rings is 1. The fourth-order valence-corrected chi connectivity index (χ4v) is 2.20. The monoisotopic (exact) mass is 220 g/mol. The Morgan fingerprint density at radius 1 is 1.44 bits per heavy atom. The SMILES string of the molecule is CCNC1CCCN(c2ccc(C)nn2)C1. The zero-order valence-electron chi connectivity index (χ0n) is 10.1. The van der Waals surface area contributed by atoms with Crippen molar-refractivity contribution in [2.24, 2.45) is 0 Å². The maximum atomic E-state index is 4.24. The lowest BCUT2D eigenvalue weighted by Gasteiger charge is -2.33. The Bertz CT molecular complexity index is 320. The van der Waals surface area contributed by atoms with Crippen LogP contribution >= 0.6 is 0 Å². The summed E-state index contributed by atoms with van der Waals surface area (Å²) in [7, 11) is 0. The van der Waals surface area contributed by atoms with Gasteiger partial charge in [-0.2, -0.15) is 5.10 Å². The molecule has 88 valence electrons. The lowest BCUT2D eigenvalue weighted by Crippen LogP contribution is -2.46. The van der Waals surface area contributed by atoms with E-state index in [0.717, 1.165) is 31.1 Å². The molecule has 0 radical (unpaired) electrons. The summed E-state index contributed by atoms with van der Waals surface area (Å²) < 4.78 is 0. The van der Waals surface area contributed by atoms with Gasteiger partial charge in [-0.3, -0.25) is 0 Å². The Morgan fingerprint density at radius 2 is 2.31 bits per heavy atom. The minimum absolute atomic E-state index is 0.599. The van der Waals surface area contributed by atoms with Gasteiger partial charge in [-0.15, -0.1) is 5.10 Å². The third-order valence-corrected chi connectivity index (χ3v) is 3.02. The molecule has 0 amide bonds. The summed E-state index contributed by atoms with van der Waals surface area (Å²) in [6.07, 6.45) is 2.50. The second-order valence-electron chi connectivity index (χ2n) is 4.38. The second-order valence-corrected chi connectivity index (χ2v) is 4.38. The lowest BCUT2D eigenvalue weighted by molar-refractivity contribution is 0.429. The van der Waals surface area contributed by atoms with Gasteiger partial charge in [-0.1, -0.05) is 6.92 Å². The molecule has 1 saturated heterocycles. The summed E-state index contributed by atoms with van der Waals surface area (Å²) in [4.78, 5) is 2.32. The van der Waals surface area contributed by atoms with E-state index in [1.54, 1.807) is 0 Å². The van der Waals surface area contributed by atoms with E-state index in [1.807, 2.05) is 13.0 Å². The molecular weight excluding hydrogens is 200 g/mol. The summed E-state index contributed by atoms with van der Waals surface area (Å²) >= 11 is 0. The van der Waals surface area contributed by atoms with Crippen LogP contribution in [0.25, 0.3) is 0 Å². The summed E-state index contributed by atoms with van der Waals surface area (Å²) in [5, 5.41) is 11.9. The van der Waals surface area contributed by atoms with Crippen LogP contribution in [0.2, 0.25) is 0 Å². The number of aryl methyl sites for hydroxylation is 1. The molecule has 1 unspecified atom stereocenters. The molecule has 1 aromatic heterocycles. The first-order chi connectivity index (χ1) is 7.79. The van der Waals surface area contributed by atoms with Crippen molar-refractivity contribution >= 4 is 5.82 Å². The van der Waals surface area contributed by atoms with Crippen LogP contribution in [-0.4, -0.2) is 35.9 Å². The lowest BCUT2D eigenvalue weighted by atomic mass is 10.1. The van der Waals surface area contributed by atoms with Crippen LogP contribution in [0.4, 0.5) is 5.82 Å². The van der Waals surface area contributed by atoms with Crippen LogP contribution < -0.4 is 10.2 Å². The molecule has 4 nitrogen and oxygen atoms in total. The largest absolute Gasteiger partial charge is 0.354 e. The highest BCUT2D eigenvalue weighted by Crippen LogP contribution is 2.16. The van der Waals surface area contributed by atoms with Crippen molar-refractivity contribution in [3.8, 4) is 0 Å². The molecule has 0 spiro atoms. The van der Waals surface area contributed by atoms with Crippen molar-refractivity contribution in [2.45, 2.75) is 32.7 Å². The first-order valence-electron chi connectivity index (χ1n) is 6.08. The Labute approximate surface area is 97.1 Å². The average Bonchev–Trinajstić information content (AvgIpc) is 2.31. The van der Waals surface area contributed by atoms with E-state index in [-0.39, 0.29) is 0 Å². The molecule has 1 fully saturated rings. The summed E-state index contributed by atoms with van der Waals surface area (Å²) in [5.41, 5.74) is 0.976. The van der Waals surface area contributed by atoms with Crippen molar-refractivity contribution in [3.05, 3.63) is 17.8 Å². The summed E-state index contributed by atoms with van der Waals surface area (Å²) in [6.45, 7) is 7.31. The second kappa shape index (κ2) is 5.25. The molecule has 2 rings (SSSR count). The molecule has 0 bridgehead atoms. The van der Waals surface area contributed by atoms with Crippen LogP contribution in [-0.2, 0) is 0 Å². The third-order valence-electron chi connectivity index (χ3n) is 3.02. The molecule has 1 aliphatic rings. The molecule has 0 aliphatic carbocycles. The molecule has 16 heavy (non-hydrogen) atoms. The van der Waals surface area contributed by atoms with E-state index in [4.69, 9.17) is 0 Å². The zero-order chi connectivity index (χ0) is 11.4. The van der Waals surface area contributed by atoms with Crippen LogP contribution in [0.5, 0.6) is 0 Å². The molecule has 1 aliphatic heterocycles. The molecule has 0 saturated carbocycles. The number of anilines is 1. The fraction of sp³-hybridized carbons (Fsp3) is 0.667. The van der Waals surface area contributed by atoms with Crippen LogP contribution in [0, 0.1) is 6.92 Å². The Kier molecular flexibility index (Phi) is 3.72. The number of hydrogen-bond acceptors (Lipinski definition) is 4. The first-order valence-corrected chi connectivity index (χ1v) is 6.08. The highest BCUT2D eigenvalue weighted by molar-refractivity contribution is 5.38. The van der Waals surface area contributed by atoms with Crippen molar-refractivity contribution in [2.75, 3.05) is 24.5 Å². The zero-order valence-corrected chi connectivity index (χ0v) is 10.1. The molecule has 2 heterocycles. The topological polar surface area (TPSA) is 41.0 Å². The highest BCUT2D eigenvalue weighted by atomic mass is 15.3. The Morgan fingerprint density at radius 3 is 3.00 bits per heavy atom. The molecular formula is C12H20N4. The van der Waals surface area contributed by atoms with E-state index >= 15 is 0 Å². The maximum absolute atomic E-state index is 4.24. The molecule has 0 aromatic carbocycles. The number of hydrogen-bond donors (Lipinski definition) is 1. The van der Waals surface area contributed by atoms with Gasteiger partial charge in [0.15, 0.2) is 5.82 Å². The molecule has 1 atom stereocenters. The summed E-state index contributed by atoms with van der Waals surface area (Å²) in [5.74, 6) is 1.01. The predicted molar refractivity (Wildman–Crippen MR) is 65.7 cm³/mol. The van der Waals surface area contributed by atoms with Crippen LogP contribution in [0.15, 0.2) is 12.1 Å². The third kappa shape index (κ3) is 2.70. The fourth-order valence-electron chi connectivity index (χ4n) is 2.20. The summed E-state index contributed by atoms with van der Waals surface area (Å²) in [6, 6.07) is 4.69. The van der Waals surface area contributed by atoms with E-state index in [0.29, 0.717) is 6.04 Å². The van der Waals surface area contributed by atoms with Gasteiger partial charge in [-0.25, -0.2) is 0 Å². The quantitative estimate of drug-likeness (QED) is 0.835. The molecule has 1 aromatic rings. The number of nitrogens with one attached hydrogen (secondary N) is 1. The average molecular weight is 220 g/mol. The smallest absolute Gasteiger partial charge is 0.151 e. The number of likely N-dealkylation sites (N-methyl/N-ethyl adjacent to an activating group) is 1. The minimum Gasteiger partial charge on any atom is -0.354 e. The molecule has 4 heteroatoms. The minimum atomic E-state index is 0.599. The normalized spacial score (nSPS) is 21.1. The molecule has 1 N–H and O–H groups in total. The Hall–Kier alpha value is -1.16. The van der Waals surface area contributed by atoms with Gasteiger partial charge < -0.3 is 10.2 Å². The van der Waals surface area contributed by atoms with Gasteiger partial charge in [0.2, 0.25) is 0 Å².